The van der Waals surface area contributed by atoms with Gasteiger partial charge in [0.1, 0.15) is 11.2 Å². The summed E-state index contributed by atoms with van der Waals surface area (Å²) in [5, 5.41) is 7.22. The van der Waals surface area contributed by atoms with Gasteiger partial charge in [-0.3, -0.25) is 0 Å². The number of rotatable bonds is 5. The van der Waals surface area contributed by atoms with Crippen LogP contribution < -0.4 is 0 Å². The molecule has 0 radical (unpaired) electrons. The van der Waals surface area contributed by atoms with Crippen molar-refractivity contribution in [1.82, 2.24) is 15.0 Å². The van der Waals surface area contributed by atoms with Gasteiger partial charge in [-0.25, -0.2) is 15.0 Å². The Morgan fingerprint density at radius 2 is 0.930 bits per heavy atom. The van der Waals surface area contributed by atoms with Crippen molar-refractivity contribution < 1.29 is 4.42 Å². The molecule has 4 aromatic heterocycles. The summed E-state index contributed by atoms with van der Waals surface area (Å²) in [6, 6.07) is 62.0. The lowest BCUT2D eigenvalue weighted by molar-refractivity contribution is 0.669. The second-order valence-corrected chi connectivity index (χ2v) is 16.4. The zero-order chi connectivity index (χ0) is 37.5. The van der Waals surface area contributed by atoms with Gasteiger partial charge in [-0.1, -0.05) is 127 Å². The van der Waals surface area contributed by atoms with E-state index in [-0.39, 0.29) is 0 Å². The predicted molar refractivity (Wildman–Crippen MR) is 240 cm³/mol. The van der Waals surface area contributed by atoms with Crippen LogP contribution in [0.4, 0.5) is 0 Å². The maximum atomic E-state index is 6.40. The molecule has 0 unspecified atom stereocenters. The summed E-state index contributed by atoms with van der Waals surface area (Å²) in [6.07, 6.45) is 0. The molecule has 6 heteroatoms. The Hall–Kier alpha value is -6.99. The normalized spacial score (nSPS) is 11.9. The fourth-order valence-electron chi connectivity index (χ4n) is 8.28. The van der Waals surface area contributed by atoms with Crippen molar-refractivity contribution in [2.75, 3.05) is 0 Å². The predicted octanol–water partition coefficient (Wildman–Crippen LogP) is 14.8. The first-order chi connectivity index (χ1) is 28.2. The third-order valence-electron chi connectivity index (χ3n) is 10.9. The summed E-state index contributed by atoms with van der Waals surface area (Å²) >= 11 is 3.65. The maximum Gasteiger partial charge on any atom is 0.165 e. The van der Waals surface area contributed by atoms with Crippen LogP contribution in [0, 0.1) is 0 Å². The Labute approximate surface area is 335 Å². The SMILES string of the molecule is c1ccc(-c2nc(-c3ccccc3)nc(-c3cccc4c3sc3cccc(-c5cc(-c6ccc7c(c6)oc6ccccc67)c6sc7ccccc7c6c5)c34)n2)cc1. The number of para-hydroxylation sites is 1. The first-order valence-electron chi connectivity index (χ1n) is 18.9. The molecule has 0 N–H and O–H groups in total. The summed E-state index contributed by atoms with van der Waals surface area (Å²) < 4.78 is 11.3. The van der Waals surface area contributed by atoms with E-state index < -0.39 is 0 Å². The summed E-state index contributed by atoms with van der Waals surface area (Å²) in [6.45, 7) is 0. The molecule has 0 amide bonds. The molecule has 0 aliphatic carbocycles. The first-order valence-corrected chi connectivity index (χ1v) is 20.6. The number of aromatic nitrogens is 3. The van der Waals surface area contributed by atoms with Crippen LogP contribution in [0.1, 0.15) is 0 Å². The average molecular weight is 764 g/mol. The van der Waals surface area contributed by atoms with Gasteiger partial charge in [-0.2, -0.15) is 0 Å². The third kappa shape index (κ3) is 5.22. The van der Waals surface area contributed by atoms with Gasteiger partial charge in [-0.15, -0.1) is 22.7 Å². The lowest BCUT2D eigenvalue weighted by Gasteiger charge is -2.11. The molecule has 0 fully saturated rings. The van der Waals surface area contributed by atoms with Gasteiger partial charge in [0.2, 0.25) is 0 Å². The molecule has 0 aliphatic heterocycles. The molecular formula is C51H29N3OS2. The van der Waals surface area contributed by atoms with E-state index in [0.717, 1.165) is 48.9 Å². The van der Waals surface area contributed by atoms with Gasteiger partial charge in [0, 0.05) is 73.4 Å². The van der Waals surface area contributed by atoms with Crippen LogP contribution in [-0.4, -0.2) is 15.0 Å². The van der Waals surface area contributed by atoms with Crippen molar-refractivity contribution in [1.29, 1.82) is 0 Å². The van der Waals surface area contributed by atoms with Crippen molar-refractivity contribution >= 4 is 85.0 Å². The molecule has 0 spiro atoms. The summed E-state index contributed by atoms with van der Waals surface area (Å²) in [5.41, 5.74) is 9.44. The Kier molecular flexibility index (Phi) is 7.24. The first kappa shape index (κ1) is 32.3. The van der Waals surface area contributed by atoms with E-state index in [0.29, 0.717) is 17.5 Å². The van der Waals surface area contributed by atoms with Gasteiger partial charge in [0.25, 0.3) is 0 Å². The van der Waals surface area contributed by atoms with Gasteiger partial charge >= 0.3 is 0 Å². The molecule has 266 valence electrons. The van der Waals surface area contributed by atoms with Crippen LogP contribution >= 0.6 is 22.7 Å². The highest BCUT2D eigenvalue weighted by atomic mass is 32.1. The van der Waals surface area contributed by atoms with Crippen molar-refractivity contribution in [3.63, 3.8) is 0 Å². The van der Waals surface area contributed by atoms with Crippen LogP contribution in [0.15, 0.2) is 180 Å². The monoisotopic (exact) mass is 763 g/mol. The lowest BCUT2D eigenvalue weighted by Crippen LogP contribution is -2.00. The second kappa shape index (κ2) is 12.8. The Bertz CT molecular complexity index is 3470. The van der Waals surface area contributed by atoms with E-state index in [2.05, 4.69) is 127 Å². The number of nitrogens with zero attached hydrogens (tertiary/aromatic N) is 3. The maximum absolute atomic E-state index is 6.40. The van der Waals surface area contributed by atoms with E-state index >= 15 is 0 Å². The minimum atomic E-state index is 0.655. The van der Waals surface area contributed by atoms with E-state index in [4.69, 9.17) is 19.4 Å². The highest BCUT2D eigenvalue weighted by Gasteiger charge is 2.20. The van der Waals surface area contributed by atoms with Crippen LogP contribution in [0.3, 0.4) is 0 Å². The van der Waals surface area contributed by atoms with E-state index in [1.165, 1.54) is 52.3 Å². The summed E-state index contributed by atoms with van der Waals surface area (Å²) in [4.78, 5) is 15.2. The topological polar surface area (TPSA) is 51.8 Å². The molecule has 0 atom stereocenters. The molecule has 12 rings (SSSR count). The molecule has 0 aliphatic rings. The second-order valence-electron chi connectivity index (χ2n) is 14.3. The molecular weight excluding hydrogens is 735 g/mol. The quantitative estimate of drug-likeness (QED) is 0.175. The minimum Gasteiger partial charge on any atom is -0.456 e. The standard InChI is InChI=1S/C51H29N3OS2/c1-3-13-30(14-4-1)49-52-50(31-15-5-2-6-16-31)54-51(53-49)39-21-11-20-38-46-34(19-12-24-45(46)57-47(38)39)33-27-40(48-41(28-33)37-18-8-10-23-44(37)56-48)32-25-26-36-35-17-7-9-22-42(35)55-43(36)29-32/h1-29H. The number of benzene rings is 8. The number of thiophene rings is 2. The highest BCUT2D eigenvalue weighted by Crippen LogP contribution is 2.48. The van der Waals surface area contributed by atoms with Crippen molar-refractivity contribution in [3.05, 3.63) is 176 Å². The zero-order valence-corrected chi connectivity index (χ0v) is 31.9. The Balaban J connectivity index is 1.08. The fourth-order valence-corrected chi connectivity index (χ4v) is 10.7. The molecule has 0 bridgehead atoms. The van der Waals surface area contributed by atoms with Gasteiger partial charge in [0.05, 0.1) is 0 Å². The largest absolute Gasteiger partial charge is 0.456 e. The van der Waals surface area contributed by atoms with Crippen molar-refractivity contribution in [3.8, 4) is 56.4 Å². The Morgan fingerprint density at radius 1 is 0.333 bits per heavy atom. The smallest absolute Gasteiger partial charge is 0.165 e. The molecule has 4 nitrogen and oxygen atoms in total. The fraction of sp³-hybridized carbons (Fsp3) is 0. The molecule has 4 heterocycles. The lowest BCUT2D eigenvalue weighted by atomic mass is 9.93. The number of furan rings is 1. The number of hydrogen-bond donors (Lipinski definition) is 0. The Morgan fingerprint density at radius 3 is 1.74 bits per heavy atom. The van der Waals surface area contributed by atoms with E-state index in [1.807, 2.05) is 59.9 Å². The van der Waals surface area contributed by atoms with Gasteiger partial charge in [-0.05, 0) is 65.2 Å². The van der Waals surface area contributed by atoms with Crippen LogP contribution in [0.25, 0.3) is 119 Å². The molecule has 0 saturated carbocycles. The van der Waals surface area contributed by atoms with Crippen LogP contribution in [0.5, 0.6) is 0 Å². The van der Waals surface area contributed by atoms with Crippen LogP contribution in [0.2, 0.25) is 0 Å². The van der Waals surface area contributed by atoms with Gasteiger partial charge in [0.15, 0.2) is 17.5 Å². The van der Waals surface area contributed by atoms with E-state index in [9.17, 15) is 0 Å². The minimum absolute atomic E-state index is 0.655. The highest BCUT2D eigenvalue weighted by molar-refractivity contribution is 7.26. The van der Waals surface area contributed by atoms with Crippen molar-refractivity contribution in [2.45, 2.75) is 0 Å². The van der Waals surface area contributed by atoms with E-state index in [1.54, 1.807) is 11.3 Å². The molecule has 0 saturated heterocycles. The number of fused-ring (bicyclic) bond motifs is 9. The summed E-state index contributed by atoms with van der Waals surface area (Å²) in [7, 11) is 0. The molecule has 12 aromatic rings. The van der Waals surface area contributed by atoms with Crippen molar-refractivity contribution in [2.24, 2.45) is 0 Å². The average Bonchev–Trinajstić information content (AvgIpc) is 3.97. The molecule has 8 aromatic carbocycles. The third-order valence-corrected chi connectivity index (χ3v) is 13.4. The van der Waals surface area contributed by atoms with Crippen LogP contribution in [-0.2, 0) is 0 Å². The summed E-state index contributed by atoms with van der Waals surface area (Å²) in [5.74, 6) is 1.97. The van der Waals surface area contributed by atoms with Gasteiger partial charge < -0.3 is 4.42 Å². The zero-order valence-electron chi connectivity index (χ0n) is 30.3. The molecule has 57 heavy (non-hydrogen) atoms. The number of hydrogen-bond acceptors (Lipinski definition) is 6.